The lowest BCUT2D eigenvalue weighted by atomic mass is 10.4. The number of carbonyl (C=O) groups is 2. The summed E-state index contributed by atoms with van der Waals surface area (Å²) >= 11 is 0. The van der Waals surface area contributed by atoms with E-state index in [1.807, 2.05) is 19.0 Å². The van der Waals surface area contributed by atoms with Gasteiger partial charge in [-0.15, -0.1) is 0 Å². The average Bonchev–Trinajstić information content (AvgIpc) is 1.98. The third-order valence-electron chi connectivity index (χ3n) is 1.39. The first-order valence-corrected chi connectivity index (χ1v) is 4.43. The summed E-state index contributed by atoms with van der Waals surface area (Å²) in [5, 5.41) is 0. The number of rotatable bonds is 5. The van der Waals surface area contributed by atoms with Crippen LogP contribution in [0.2, 0.25) is 0 Å². The molecule has 0 aliphatic rings. The number of carbonyl (C=O) groups excluding carboxylic acids is 2. The fourth-order valence-corrected chi connectivity index (χ4v) is 0.817. The quantitative estimate of drug-likeness (QED) is 0.478. The van der Waals surface area contributed by atoms with Crippen LogP contribution in [0.4, 0.5) is 0 Å². The van der Waals surface area contributed by atoms with Gasteiger partial charge in [0.05, 0.1) is 6.42 Å². The highest BCUT2D eigenvalue weighted by atomic mass is 16.7. The van der Waals surface area contributed by atoms with Crippen LogP contribution in [-0.4, -0.2) is 43.8 Å². The normalized spacial score (nSPS) is 12.4. The highest BCUT2D eigenvalue weighted by molar-refractivity contribution is 5.70. The highest BCUT2D eigenvalue weighted by Gasteiger charge is 2.11. The lowest BCUT2D eigenvalue weighted by Crippen LogP contribution is -2.23. The lowest BCUT2D eigenvalue weighted by molar-refractivity contribution is -0.182. The largest absolute Gasteiger partial charge is 0.426 e. The molecule has 0 heterocycles. The summed E-state index contributed by atoms with van der Waals surface area (Å²) in [6.07, 6.45) is -0.513. The summed E-state index contributed by atoms with van der Waals surface area (Å²) in [5.41, 5.74) is 0. The Morgan fingerprint density at radius 2 is 1.86 bits per heavy atom. The van der Waals surface area contributed by atoms with Crippen molar-refractivity contribution in [2.24, 2.45) is 0 Å². The van der Waals surface area contributed by atoms with Gasteiger partial charge in [-0.05, 0) is 14.1 Å². The molecule has 0 aromatic heterocycles. The smallest absolute Gasteiger partial charge is 0.310 e. The molecule has 0 radical (unpaired) electrons. The van der Waals surface area contributed by atoms with Crippen LogP contribution in [0, 0.1) is 0 Å². The molecule has 0 rings (SSSR count). The van der Waals surface area contributed by atoms with Crippen molar-refractivity contribution in [2.45, 2.75) is 26.6 Å². The standard InChI is InChI=1S/C9H17NO4/c1-7(11)13-8(2)14-9(12)5-6-10(3)4/h8H,5-6H2,1-4H3. The Morgan fingerprint density at radius 3 is 2.29 bits per heavy atom. The van der Waals surface area contributed by atoms with Crippen LogP contribution in [0.15, 0.2) is 0 Å². The second-order valence-electron chi connectivity index (χ2n) is 3.22. The van der Waals surface area contributed by atoms with E-state index in [4.69, 9.17) is 4.74 Å². The molecular weight excluding hydrogens is 186 g/mol. The fraction of sp³-hybridized carbons (Fsp3) is 0.778. The van der Waals surface area contributed by atoms with Crippen LogP contribution >= 0.6 is 0 Å². The minimum absolute atomic E-state index is 0.290. The van der Waals surface area contributed by atoms with Gasteiger partial charge in [0.2, 0.25) is 6.29 Å². The predicted octanol–water partition coefficient (Wildman–Crippen LogP) is 0.390. The van der Waals surface area contributed by atoms with Crippen molar-refractivity contribution in [3.8, 4) is 0 Å². The Morgan fingerprint density at radius 1 is 1.29 bits per heavy atom. The molecule has 1 atom stereocenters. The van der Waals surface area contributed by atoms with E-state index in [1.54, 1.807) is 0 Å². The average molecular weight is 203 g/mol. The SMILES string of the molecule is CC(=O)OC(C)OC(=O)CCN(C)C. The van der Waals surface area contributed by atoms with Gasteiger partial charge in [0.25, 0.3) is 0 Å². The Kier molecular flexibility index (Phi) is 5.87. The summed E-state index contributed by atoms with van der Waals surface area (Å²) in [6.45, 7) is 3.39. The summed E-state index contributed by atoms with van der Waals surface area (Å²) < 4.78 is 9.43. The van der Waals surface area contributed by atoms with Gasteiger partial charge in [-0.2, -0.15) is 0 Å². The molecule has 0 amide bonds. The number of hydrogen-bond donors (Lipinski definition) is 0. The van der Waals surface area contributed by atoms with Crippen molar-refractivity contribution >= 4 is 11.9 Å². The van der Waals surface area contributed by atoms with E-state index in [0.717, 1.165) is 0 Å². The Hall–Kier alpha value is -1.10. The predicted molar refractivity (Wildman–Crippen MR) is 50.5 cm³/mol. The molecule has 0 spiro atoms. The van der Waals surface area contributed by atoms with Crippen LogP contribution in [0.25, 0.3) is 0 Å². The fourth-order valence-electron chi connectivity index (χ4n) is 0.817. The third kappa shape index (κ3) is 7.54. The first kappa shape index (κ1) is 12.9. The maximum Gasteiger partial charge on any atom is 0.310 e. The van der Waals surface area contributed by atoms with Crippen molar-refractivity contribution in [1.82, 2.24) is 4.90 Å². The second kappa shape index (κ2) is 6.37. The number of ether oxygens (including phenoxy) is 2. The third-order valence-corrected chi connectivity index (χ3v) is 1.39. The molecule has 0 saturated heterocycles. The summed E-state index contributed by atoms with van der Waals surface area (Å²) in [5.74, 6) is -0.828. The summed E-state index contributed by atoms with van der Waals surface area (Å²) in [7, 11) is 3.73. The number of hydrogen-bond acceptors (Lipinski definition) is 5. The molecule has 82 valence electrons. The van der Waals surface area contributed by atoms with Crippen molar-refractivity contribution < 1.29 is 19.1 Å². The van der Waals surface area contributed by atoms with Gasteiger partial charge in [-0.3, -0.25) is 9.59 Å². The Labute approximate surface area is 84.0 Å². The van der Waals surface area contributed by atoms with Gasteiger partial charge in [0.15, 0.2) is 0 Å². The van der Waals surface area contributed by atoms with Gasteiger partial charge >= 0.3 is 11.9 Å². The van der Waals surface area contributed by atoms with E-state index in [0.29, 0.717) is 13.0 Å². The van der Waals surface area contributed by atoms with Gasteiger partial charge in [-0.25, -0.2) is 0 Å². The Bertz CT molecular complexity index is 203. The van der Waals surface area contributed by atoms with E-state index >= 15 is 0 Å². The molecule has 14 heavy (non-hydrogen) atoms. The molecule has 0 saturated carbocycles. The lowest BCUT2D eigenvalue weighted by Gasteiger charge is -2.14. The maximum atomic E-state index is 11.1. The molecule has 0 aromatic carbocycles. The van der Waals surface area contributed by atoms with Gasteiger partial charge in [0.1, 0.15) is 0 Å². The van der Waals surface area contributed by atoms with Crippen LogP contribution in [-0.2, 0) is 19.1 Å². The molecule has 5 heteroatoms. The highest BCUT2D eigenvalue weighted by Crippen LogP contribution is 1.97. The maximum absolute atomic E-state index is 11.1. The molecule has 5 nitrogen and oxygen atoms in total. The monoisotopic (exact) mass is 203 g/mol. The zero-order valence-corrected chi connectivity index (χ0v) is 9.07. The molecule has 0 fully saturated rings. The van der Waals surface area contributed by atoms with Gasteiger partial charge in [-0.1, -0.05) is 0 Å². The molecule has 0 aliphatic carbocycles. The minimum Gasteiger partial charge on any atom is -0.426 e. The van der Waals surface area contributed by atoms with Crippen molar-refractivity contribution in [3.63, 3.8) is 0 Å². The Balaban J connectivity index is 3.66. The molecule has 0 N–H and O–H groups in total. The second-order valence-corrected chi connectivity index (χ2v) is 3.22. The zero-order valence-electron chi connectivity index (χ0n) is 9.07. The first-order valence-electron chi connectivity index (χ1n) is 4.43. The molecule has 0 bridgehead atoms. The van der Waals surface area contributed by atoms with E-state index < -0.39 is 12.3 Å². The van der Waals surface area contributed by atoms with Gasteiger partial charge in [0, 0.05) is 20.4 Å². The number of nitrogens with zero attached hydrogens (tertiary/aromatic N) is 1. The van der Waals surface area contributed by atoms with E-state index in [2.05, 4.69) is 4.74 Å². The number of esters is 2. The zero-order chi connectivity index (χ0) is 11.1. The van der Waals surface area contributed by atoms with Crippen molar-refractivity contribution in [1.29, 1.82) is 0 Å². The summed E-state index contributed by atoms with van der Waals surface area (Å²) in [6, 6.07) is 0. The minimum atomic E-state index is -0.804. The van der Waals surface area contributed by atoms with Gasteiger partial charge < -0.3 is 14.4 Å². The summed E-state index contributed by atoms with van der Waals surface area (Å²) in [4.78, 5) is 23.5. The first-order chi connectivity index (χ1) is 6.41. The molecule has 0 aliphatic heterocycles. The molecule has 0 aromatic rings. The van der Waals surface area contributed by atoms with Crippen LogP contribution in [0.3, 0.4) is 0 Å². The van der Waals surface area contributed by atoms with Crippen molar-refractivity contribution in [3.05, 3.63) is 0 Å². The molecular formula is C9H17NO4. The van der Waals surface area contributed by atoms with E-state index in [9.17, 15) is 9.59 Å². The topological polar surface area (TPSA) is 55.8 Å². The molecule has 1 unspecified atom stereocenters. The van der Waals surface area contributed by atoms with Crippen LogP contribution < -0.4 is 0 Å². The van der Waals surface area contributed by atoms with E-state index in [-0.39, 0.29) is 5.97 Å². The van der Waals surface area contributed by atoms with Crippen molar-refractivity contribution in [2.75, 3.05) is 20.6 Å². The van der Waals surface area contributed by atoms with Crippen LogP contribution in [0.5, 0.6) is 0 Å². The van der Waals surface area contributed by atoms with E-state index in [1.165, 1.54) is 13.8 Å². The van der Waals surface area contributed by atoms with Crippen LogP contribution in [0.1, 0.15) is 20.3 Å².